The van der Waals surface area contributed by atoms with Gasteiger partial charge in [-0.25, -0.2) is 9.80 Å². The van der Waals surface area contributed by atoms with Crippen molar-refractivity contribution in [3.05, 3.63) is 58.2 Å². The number of rotatable bonds is 4. The molecule has 28 heavy (non-hydrogen) atoms. The van der Waals surface area contributed by atoms with Crippen LogP contribution >= 0.6 is 0 Å². The average Bonchev–Trinajstić information content (AvgIpc) is 3.08. The van der Waals surface area contributed by atoms with Crippen LogP contribution in [0.4, 0.5) is 11.4 Å². The zero-order chi connectivity index (χ0) is 20.9. The fourth-order valence-corrected chi connectivity index (χ4v) is 2.46. The van der Waals surface area contributed by atoms with E-state index in [1.165, 1.54) is 60.6 Å². The molecule has 0 radical (unpaired) electrons. The molecule has 1 aliphatic heterocycles. The molecule has 3 rings (SSSR count). The molecule has 10 heteroatoms. The molecule has 10 nitrogen and oxygen atoms in total. The topological polar surface area (TPSA) is 150 Å². The van der Waals surface area contributed by atoms with Gasteiger partial charge in [-0.15, -0.1) is 0 Å². The minimum Gasteiger partial charge on any atom is -0.481 e. The highest BCUT2D eigenvalue weighted by Gasteiger charge is 2.34. The van der Waals surface area contributed by atoms with Gasteiger partial charge in [-0.2, -0.15) is 5.10 Å². The minimum atomic E-state index is -1.08. The standard InChI is InChI=1S/C9H7N3O3.C9H10O4/c13-9-5-6-10-11(9)7-1-3-8(4-2-7)12(14)15;1-9(8(12)13)4-2-3-6(5-9)7(10)11/h1-4,6H,5H2;2-4H,5H2,1H3,(H,10,11)(H,12,13). The van der Waals surface area contributed by atoms with Crippen LogP contribution in [0.5, 0.6) is 0 Å². The van der Waals surface area contributed by atoms with Crippen molar-refractivity contribution < 1.29 is 29.5 Å². The van der Waals surface area contributed by atoms with Gasteiger partial charge < -0.3 is 10.2 Å². The van der Waals surface area contributed by atoms with Crippen LogP contribution < -0.4 is 5.01 Å². The lowest BCUT2D eigenvalue weighted by Gasteiger charge is -2.23. The molecule has 1 atom stereocenters. The number of carboxylic acid groups (broad SMARTS) is 2. The summed E-state index contributed by atoms with van der Waals surface area (Å²) in [4.78, 5) is 42.5. The lowest BCUT2D eigenvalue weighted by molar-refractivity contribution is -0.384. The summed E-state index contributed by atoms with van der Waals surface area (Å²) in [6, 6.07) is 5.68. The number of benzene rings is 1. The van der Waals surface area contributed by atoms with E-state index in [1.54, 1.807) is 0 Å². The lowest BCUT2D eigenvalue weighted by atomic mass is 9.80. The third kappa shape index (κ3) is 4.67. The molecule has 146 valence electrons. The van der Waals surface area contributed by atoms with Gasteiger partial charge in [0.1, 0.15) is 0 Å². The average molecular weight is 387 g/mol. The van der Waals surface area contributed by atoms with Crippen molar-refractivity contribution in [1.29, 1.82) is 0 Å². The predicted molar refractivity (Wildman–Crippen MR) is 98.9 cm³/mol. The monoisotopic (exact) mass is 387 g/mol. The van der Waals surface area contributed by atoms with E-state index in [0.717, 1.165) is 0 Å². The summed E-state index contributed by atoms with van der Waals surface area (Å²) < 4.78 is 0. The van der Waals surface area contributed by atoms with Crippen molar-refractivity contribution in [3.8, 4) is 0 Å². The molecule has 1 aliphatic carbocycles. The summed E-state index contributed by atoms with van der Waals surface area (Å²) in [5.74, 6) is -2.20. The molecule has 2 aliphatic rings. The summed E-state index contributed by atoms with van der Waals surface area (Å²) in [5, 5.41) is 33.0. The van der Waals surface area contributed by atoms with Gasteiger partial charge in [0.25, 0.3) is 11.6 Å². The van der Waals surface area contributed by atoms with E-state index in [9.17, 15) is 24.5 Å². The van der Waals surface area contributed by atoms with Crippen molar-refractivity contribution in [3.63, 3.8) is 0 Å². The van der Waals surface area contributed by atoms with E-state index in [0.29, 0.717) is 5.69 Å². The number of nitrogens with zero attached hydrogens (tertiary/aromatic N) is 3. The van der Waals surface area contributed by atoms with E-state index in [2.05, 4.69) is 5.10 Å². The Hall–Kier alpha value is -3.82. The number of hydrogen-bond donors (Lipinski definition) is 2. The summed E-state index contributed by atoms with van der Waals surface area (Å²) in [6.45, 7) is 1.50. The Morgan fingerprint density at radius 1 is 1.25 bits per heavy atom. The van der Waals surface area contributed by atoms with Crippen LogP contribution in [0.25, 0.3) is 0 Å². The zero-order valence-corrected chi connectivity index (χ0v) is 14.8. The summed E-state index contributed by atoms with van der Waals surface area (Å²) in [7, 11) is 0. The molecule has 0 spiro atoms. The number of hydrazone groups is 1. The van der Waals surface area contributed by atoms with Gasteiger partial charge in [0.2, 0.25) is 0 Å². The first-order valence-electron chi connectivity index (χ1n) is 8.09. The molecule has 1 heterocycles. The van der Waals surface area contributed by atoms with Gasteiger partial charge >= 0.3 is 11.9 Å². The van der Waals surface area contributed by atoms with Crippen molar-refractivity contribution in [2.45, 2.75) is 19.8 Å². The summed E-state index contributed by atoms with van der Waals surface area (Å²) in [6.07, 6.45) is 6.21. The second kappa shape index (κ2) is 8.25. The van der Waals surface area contributed by atoms with E-state index < -0.39 is 22.3 Å². The minimum absolute atomic E-state index is 0.00521. The molecular formula is C18H17N3O7. The molecule has 0 bridgehead atoms. The first-order valence-corrected chi connectivity index (χ1v) is 8.09. The third-order valence-electron chi connectivity index (χ3n) is 4.09. The maximum atomic E-state index is 11.3. The van der Waals surface area contributed by atoms with Crippen LogP contribution in [0.1, 0.15) is 19.8 Å². The fraction of sp³-hybridized carbons (Fsp3) is 0.222. The quantitative estimate of drug-likeness (QED) is 0.594. The smallest absolute Gasteiger partial charge is 0.331 e. The Balaban J connectivity index is 0.000000203. The zero-order valence-electron chi connectivity index (χ0n) is 14.8. The van der Waals surface area contributed by atoms with Crippen LogP contribution in [0, 0.1) is 15.5 Å². The number of aliphatic carboxylic acids is 2. The molecule has 0 fully saturated rings. The molecule has 0 aromatic heterocycles. The van der Waals surface area contributed by atoms with E-state index >= 15 is 0 Å². The summed E-state index contributed by atoms with van der Waals surface area (Å²) in [5.41, 5.74) is -0.413. The van der Waals surface area contributed by atoms with Crippen molar-refractivity contribution in [2.75, 3.05) is 5.01 Å². The van der Waals surface area contributed by atoms with Gasteiger partial charge in [-0.1, -0.05) is 18.2 Å². The SMILES string of the molecule is CC1(C(=O)O)C=CC=C(C(=O)O)C1.O=C1CC=NN1c1ccc([N+](=O)[O-])cc1. The molecule has 2 N–H and O–H groups in total. The maximum absolute atomic E-state index is 11.3. The Labute approximate surface area is 159 Å². The molecule has 1 aromatic rings. The predicted octanol–water partition coefficient (Wildman–Crippen LogP) is 2.37. The maximum Gasteiger partial charge on any atom is 0.331 e. The van der Waals surface area contributed by atoms with Crippen molar-refractivity contribution >= 4 is 35.4 Å². The third-order valence-corrected chi connectivity index (χ3v) is 4.09. The van der Waals surface area contributed by atoms with Crippen molar-refractivity contribution in [2.24, 2.45) is 10.5 Å². The number of hydrogen-bond acceptors (Lipinski definition) is 6. The number of amides is 1. The van der Waals surface area contributed by atoms with Crippen LogP contribution in [0.3, 0.4) is 0 Å². The molecule has 1 aromatic carbocycles. The Kier molecular flexibility index (Phi) is 6.04. The van der Waals surface area contributed by atoms with Gasteiger partial charge in [0.05, 0.1) is 22.4 Å². The second-order valence-electron chi connectivity index (χ2n) is 6.24. The first-order chi connectivity index (χ1) is 13.1. The molecule has 1 amide bonds. The number of carbonyl (C=O) groups is 3. The number of allylic oxidation sites excluding steroid dienone is 2. The van der Waals surface area contributed by atoms with Crippen LogP contribution in [0.15, 0.2) is 53.2 Å². The Morgan fingerprint density at radius 3 is 2.36 bits per heavy atom. The number of nitro groups is 1. The number of carboxylic acids is 2. The largest absolute Gasteiger partial charge is 0.481 e. The summed E-state index contributed by atoms with van der Waals surface area (Å²) >= 11 is 0. The molecular weight excluding hydrogens is 370 g/mol. The van der Waals surface area contributed by atoms with E-state index in [1.807, 2.05) is 0 Å². The second-order valence-corrected chi connectivity index (χ2v) is 6.24. The van der Waals surface area contributed by atoms with Gasteiger partial charge in [0, 0.05) is 23.9 Å². The molecule has 0 saturated heterocycles. The van der Waals surface area contributed by atoms with Crippen LogP contribution in [-0.4, -0.2) is 39.2 Å². The van der Waals surface area contributed by atoms with Crippen LogP contribution in [0.2, 0.25) is 0 Å². The van der Waals surface area contributed by atoms with E-state index in [4.69, 9.17) is 10.2 Å². The highest BCUT2D eigenvalue weighted by Crippen LogP contribution is 2.31. The fourth-order valence-electron chi connectivity index (χ4n) is 2.46. The normalized spacial score (nSPS) is 20.2. The number of non-ortho nitro benzene ring substituents is 1. The molecule has 0 saturated carbocycles. The van der Waals surface area contributed by atoms with Gasteiger partial charge in [-0.3, -0.25) is 19.7 Å². The number of carbonyl (C=O) groups excluding carboxylic acids is 1. The molecule has 1 unspecified atom stereocenters. The highest BCUT2D eigenvalue weighted by molar-refractivity contribution is 6.05. The number of nitro benzene ring substituents is 1. The lowest BCUT2D eigenvalue weighted by Crippen LogP contribution is -2.28. The van der Waals surface area contributed by atoms with Crippen LogP contribution in [-0.2, 0) is 14.4 Å². The van der Waals surface area contributed by atoms with E-state index in [-0.39, 0.29) is 30.0 Å². The highest BCUT2D eigenvalue weighted by atomic mass is 16.6. The number of anilines is 1. The van der Waals surface area contributed by atoms with Gasteiger partial charge in [0.15, 0.2) is 0 Å². The van der Waals surface area contributed by atoms with Crippen molar-refractivity contribution in [1.82, 2.24) is 0 Å². The Bertz CT molecular complexity index is 902. The Morgan fingerprint density at radius 2 is 1.89 bits per heavy atom. The first kappa shape index (κ1) is 20.5. The van der Waals surface area contributed by atoms with Gasteiger partial charge in [-0.05, 0) is 25.5 Å².